The van der Waals surface area contributed by atoms with Crippen molar-refractivity contribution in [2.75, 3.05) is 6.61 Å². The molecule has 246 valence electrons. The molecule has 5 rings (SSSR count). The first-order valence-corrected chi connectivity index (χ1v) is 14.6. The Morgan fingerprint density at radius 2 is 1.82 bits per heavy atom. The van der Waals surface area contributed by atoms with Gasteiger partial charge in [0.25, 0.3) is 5.91 Å². The van der Waals surface area contributed by atoms with Crippen molar-refractivity contribution in [2.24, 2.45) is 11.8 Å². The Labute approximate surface area is 254 Å². The summed E-state index contributed by atoms with van der Waals surface area (Å²) >= 11 is 0. The molecule has 45 heavy (non-hydrogen) atoms. The number of aromatic amines is 1. The van der Waals surface area contributed by atoms with Gasteiger partial charge in [-0.2, -0.15) is 13.2 Å². The zero-order valence-corrected chi connectivity index (χ0v) is 25.1. The summed E-state index contributed by atoms with van der Waals surface area (Å²) in [7, 11) is 0. The molecule has 0 radical (unpaired) electrons. The number of H-pyrrole nitrogens is 1. The molecule has 2 amide bonds. The van der Waals surface area contributed by atoms with E-state index in [9.17, 15) is 36.6 Å². The van der Waals surface area contributed by atoms with Gasteiger partial charge in [-0.15, -0.1) is 0 Å². The molecule has 2 atom stereocenters. The van der Waals surface area contributed by atoms with E-state index >= 15 is 0 Å². The first-order chi connectivity index (χ1) is 20.8. The standard InChI is InChI=1S/C29H35F5N6O5/c1-26(2,43)23-22(39-45-40-23)25(42)37-19(13-44-27(3,4)29(32,33)34)24-35-17-8-7-16(10-18(17)36-24)21(15-5-6-15)38-20(41)9-14-11-28(30,31)12-14/h7-8,10,14-15,19,21,43H,5-6,9,11-13H2,1-4H3,(H,35,36)(H,37,42)(H,38,41)/t19-,21+/m0/s1. The number of hydrogen-bond donors (Lipinski definition) is 4. The van der Waals surface area contributed by atoms with Gasteiger partial charge in [-0.05, 0) is 75.2 Å². The number of alkyl halides is 5. The van der Waals surface area contributed by atoms with Gasteiger partial charge in [0.15, 0.2) is 11.3 Å². The number of nitrogens with zero attached hydrogens (tertiary/aromatic N) is 3. The molecule has 2 aromatic heterocycles. The number of rotatable bonds is 12. The van der Waals surface area contributed by atoms with Crippen LogP contribution in [0.5, 0.6) is 0 Å². The van der Waals surface area contributed by atoms with E-state index in [-0.39, 0.29) is 60.3 Å². The van der Waals surface area contributed by atoms with Crippen molar-refractivity contribution in [3.05, 3.63) is 41.0 Å². The van der Waals surface area contributed by atoms with Gasteiger partial charge >= 0.3 is 6.18 Å². The lowest BCUT2D eigenvalue weighted by Gasteiger charge is -2.34. The van der Waals surface area contributed by atoms with Crippen LogP contribution in [-0.2, 0) is 15.1 Å². The molecule has 2 aliphatic rings. The van der Waals surface area contributed by atoms with Crippen molar-refractivity contribution in [2.45, 2.75) is 95.2 Å². The fourth-order valence-electron chi connectivity index (χ4n) is 5.26. The number of halogens is 5. The van der Waals surface area contributed by atoms with Crippen molar-refractivity contribution in [1.82, 2.24) is 30.9 Å². The molecule has 16 heteroatoms. The highest BCUT2D eigenvalue weighted by atomic mass is 19.4. The van der Waals surface area contributed by atoms with E-state index in [2.05, 4.69) is 35.5 Å². The van der Waals surface area contributed by atoms with E-state index in [4.69, 9.17) is 4.74 Å². The van der Waals surface area contributed by atoms with Crippen LogP contribution < -0.4 is 10.6 Å². The summed E-state index contributed by atoms with van der Waals surface area (Å²) in [5.74, 6) is -4.03. The average Bonchev–Trinajstić information content (AvgIpc) is 3.44. The van der Waals surface area contributed by atoms with Crippen LogP contribution in [0.4, 0.5) is 22.0 Å². The number of imidazole rings is 1. The number of nitrogens with one attached hydrogen (secondary N) is 3. The Bertz CT molecular complexity index is 1550. The van der Waals surface area contributed by atoms with Gasteiger partial charge < -0.3 is 25.5 Å². The molecule has 3 aromatic rings. The maximum atomic E-state index is 13.6. The third-order valence-corrected chi connectivity index (χ3v) is 8.15. The lowest BCUT2D eigenvalue weighted by atomic mass is 9.79. The van der Waals surface area contributed by atoms with Crippen LogP contribution in [0, 0.1) is 11.8 Å². The summed E-state index contributed by atoms with van der Waals surface area (Å²) in [6, 6.07) is 3.59. The van der Waals surface area contributed by atoms with Crippen LogP contribution in [0.2, 0.25) is 0 Å². The van der Waals surface area contributed by atoms with Gasteiger partial charge in [-0.25, -0.2) is 18.4 Å². The Morgan fingerprint density at radius 1 is 1.13 bits per heavy atom. The molecule has 11 nitrogen and oxygen atoms in total. The first kappa shape index (κ1) is 32.7. The summed E-state index contributed by atoms with van der Waals surface area (Å²) in [6.45, 7) is 3.78. The number of amides is 2. The van der Waals surface area contributed by atoms with Gasteiger partial charge in [0, 0.05) is 19.3 Å². The predicted molar refractivity (Wildman–Crippen MR) is 148 cm³/mol. The fraction of sp³-hybridized carbons (Fsp3) is 0.621. The zero-order chi connectivity index (χ0) is 32.9. The van der Waals surface area contributed by atoms with Gasteiger partial charge in [0.05, 0.1) is 23.7 Å². The monoisotopic (exact) mass is 642 g/mol. The molecule has 0 saturated heterocycles. The summed E-state index contributed by atoms with van der Waals surface area (Å²) in [5, 5.41) is 23.0. The van der Waals surface area contributed by atoms with Crippen LogP contribution >= 0.6 is 0 Å². The number of carbonyl (C=O) groups excluding carboxylic acids is 2. The minimum Gasteiger partial charge on any atom is -0.384 e. The lowest BCUT2D eigenvalue weighted by molar-refractivity contribution is -0.265. The van der Waals surface area contributed by atoms with Crippen molar-refractivity contribution < 1.29 is 46.0 Å². The maximum Gasteiger partial charge on any atom is 0.416 e. The third kappa shape index (κ3) is 7.43. The SMILES string of the molecule is CC(C)(O)c1nonc1C(=O)N[C@@H](COC(C)(C)C(F)(F)F)c1nc2ccc([C@H](NC(=O)CC3CC(F)(F)C3)C3CC3)cc2[nH]1. The van der Waals surface area contributed by atoms with Crippen LogP contribution in [-0.4, -0.2) is 61.5 Å². The Balaban J connectivity index is 1.38. The molecule has 2 fully saturated rings. The zero-order valence-electron chi connectivity index (χ0n) is 25.1. The third-order valence-electron chi connectivity index (χ3n) is 8.15. The number of carbonyl (C=O) groups is 2. The van der Waals surface area contributed by atoms with E-state index in [1.54, 1.807) is 18.2 Å². The van der Waals surface area contributed by atoms with E-state index in [0.29, 0.717) is 11.0 Å². The average molecular weight is 643 g/mol. The molecule has 4 N–H and O–H groups in total. The topological polar surface area (TPSA) is 155 Å². The van der Waals surface area contributed by atoms with Crippen LogP contribution in [0.25, 0.3) is 11.0 Å². The molecule has 2 heterocycles. The Hall–Kier alpha value is -3.66. The predicted octanol–water partition coefficient (Wildman–Crippen LogP) is 5.00. The lowest BCUT2D eigenvalue weighted by Crippen LogP contribution is -2.44. The van der Waals surface area contributed by atoms with E-state index in [0.717, 1.165) is 32.3 Å². The largest absolute Gasteiger partial charge is 0.416 e. The van der Waals surface area contributed by atoms with Crippen molar-refractivity contribution in [3.63, 3.8) is 0 Å². The molecule has 0 unspecified atom stereocenters. The normalized spacial score (nSPS) is 18.8. The molecule has 2 aliphatic carbocycles. The Morgan fingerprint density at radius 3 is 2.42 bits per heavy atom. The van der Waals surface area contributed by atoms with Crippen molar-refractivity contribution in [1.29, 1.82) is 0 Å². The van der Waals surface area contributed by atoms with Crippen LogP contribution in [0.1, 0.15) is 99.5 Å². The number of aromatic nitrogens is 4. The molecule has 2 saturated carbocycles. The second kappa shape index (κ2) is 11.6. The smallest absolute Gasteiger partial charge is 0.384 e. The number of ether oxygens (including phenoxy) is 1. The molecule has 1 aromatic carbocycles. The summed E-state index contributed by atoms with van der Waals surface area (Å²) < 4.78 is 77.0. The molecule has 0 bridgehead atoms. The molecular formula is C29H35F5N6O5. The molecule has 0 aliphatic heterocycles. The summed E-state index contributed by atoms with van der Waals surface area (Å²) in [6.07, 6.45) is -3.54. The van der Waals surface area contributed by atoms with Gasteiger partial charge in [0.1, 0.15) is 23.2 Å². The van der Waals surface area contributed by atoms with Gasteiger partial charge in [0.2, 0.25) is 11.8 Å². The van der Waals surface area contributed by atoms with E-state index in [1.807, 2.05) is 0 Å². The highest BCUT2D eigenvalue weighted by molar-refractivity contribution is 5.93. The number of aliphatic hydroxyl groups is 1. The van der Waals surface area contributed by atoms with Crippen LogP contribution in [0.15, 0.2) is 22.8 Å². The highest BCUT2D eigenvalue weighted by Crippen LogP contribution is 2.45. The quantitative estimate of drug-likeness (QED) is 0.201. The second-order valence-electron chi connectivity index (χ2n) is 13.0. The van der Waals surface area contributed by atoms with E-state index < -0.39 is 41.9 Å². The van der Waals surface area contributed by atoms with Gasteiger partial charge in [-0.1, -0.05) is 11.2 Å². The second-order valence-corrected chi connectivity index (χ2v) is 13.0. The first-order valence-electron chi connectivity index (χ1n) is 14.6. The minimum absolute atomic E-state index is 0.0150. The number of benzene rings is 1. The number of hydrogen-bond acceptors (Lipinski definition) is 8. The van der Waals surface area contributed by atoms with Crippen molar-refractivity contribution in [3.8, 4) is 0 Å². The fourth-order valence-corrected chi connectivity index (χ4v) is 5.26. The van der Waals surface area contributed by atoms with Crippen LogP contribution in [0.3, 0.4) is 0 Å². The molecule has 0 spiro atoms. The van der Waals surface area contributed by atoms with Gasteiger partial charge in [-0.3, -0.25) is 9.59 Å². The Kier molecular flexibility index (Phi) is 8.44. The number of fused-ring (bicyclic) bond motifs is 1. The van der Waals surface area contributed by atoms with Crippen molar-refractivity contribution >= 4 is 22.8 Å². The molecular weight excluding hydrogens is 607 g/mol. The summed E-state index contributed by atoms with van der Waals surface area (Å²) in [5.41, 5.74) is -3.06. The maximum absolute atomic E-state index is 13.6. The summed E-state index contributed by atoms with van der Waals surface area (Å²) in [4.78, 5) is 33.4. The highest BCUT2D eigenvalue weighted by Gasteiger charge is 2.49. The van der Waals surface area contributed by atoms with E-state index in [1.165, 1.54) is 13.8 Å². The minimum atomic E-state index is -4.71.